The summed E-state index contributed by atoms with van der Waals surface area (Å²) in [6, 6.07) is 39.4. The van der Waals surface area contributed by atoms with Crippen LogP contribution in [0, 0.1) is 6.92 Å². The summed E-state index contributed by atoms with van der Waals surface area (Å²) in [5, 5.41) is 13.5. The highest BCUT2D eigenvalue weighted by atomic mass is 16.3. The van der Waals surface area contributed by atoms with Gasteiger partial charge in [0.05, 0.1) is 11.7 Å². The van der Waals surface area contributed by atoms with Gasteiger partial charge in [0.15, 0.2) is 0 Å². The number of hydrogen-bond acceptors (Lipinski definition) is 5. The van der Waals surface area contributed by atoms with Gasteiger partial charge in [-0.15, -0.1) is 0 Å². The van der Waals surface area contributed by atoms with Crippen molar-refractivity contribution in [3.63, 3.8) is 0 Å². The van der Waals surface area contributed by atoms with Gasteiger partial charge in [-0.2, -0.15) is 0 Å². The van der Waals surface area contributed by atoms with Crippen LogP contribution in [-0.4, -0.2) is 48.4 Å². The highest BCUT2D eigenvalue weighted by molar-refractivity contribution is 6.08. The van der Waals surface area contributed by atoms with Crippen molar-refractivity contribution in [3.05, 3.63) is 176 Å². The second-order valence-electron chi connectivity index (χ2n) is 14.1. The first-order chi connectivity index (χ1) is 26.2. The standard InChI is InChI=1S/C45H41N5O4/c1-28-14-8-12-20-37(28)50-44(53)40(43(52)48(4)45(50)54)29(2)46-27-36-32-17-9-10-19-34(32)42(51)49(25-24-30-15-6-5-7-16-30)41(36)31-22-23-39-35(26-31)33-18-11-13-21-38(33)47(39)3/h5-23,26,36,41,52H,24-25,27H2,1-4H3/t36-,41-/m1/s1. The first-order valence-corrected chi connectivity index (χ1v) is 18.2. The van der Waals surface area contributed by atoms with Gasteiger partial charge in [0, 0.05) is 66.2 Å². The van der Waals surface area contributed by atoms with E-state index in [1.807, 2.05) is 78.6 Å². The van der Waals surface area contributed by atoms with Crippen molar-refractivity contribution in [1.29, 1.82) is 0 Å². The minimum Gasteiger partial charge on any atom is -0.494 e. The van der Waals surface area contributed by atoms with Gasteiger partial charge in [0.1, 0.15) is 5.56 Å². The minimum absolute atomic E-state index is 0.0432. The fourth-order valence-corrected chi connectivity index (χ4v) is 8.16. The van der Waals surface area contributed by atoms with Gasteiger partial charge in [0.25, 0.3) is 11.5 Å². The number of rotatable bonds is 8. The molecule has 1 N–H and O–H groups in total. The normalized spacial score (nSPS) is 16.0. The van der Waals surface area contributed by atoms with Crippen LogP contribution >= 0.6 is 0 Å². The van der Waals surface area contributed by atoms with Gasteiger partial charge >= 0.3 is 5.69 Å². The monoisotopic (exact) mass is 715 g/mol. The molecule has 5 aromatic carbocycles. The van der Waals surface area contributed by atoms with Crippen molar-refractivity contribution >= 4 is 33.4 Å². The molecule has 0 aliphatic carbocycles. The van der Waals surface area contributed by atoms with Crippen LogP contribution < -0.4 is 11.2 Å². The molecule has 54 heavy (non-hydrogen) atoms. The summed E-state index contributed by atoms with van der Waals surface area (Å²) >= 11 is 0. The molecule has 0 bridgehead atoms. The average molecular weight is 716 g/mol. The van der Waals surface area contributed by atoms with E-state index in [2.05, 4.69) is 54.1 Å². The maximum atomic E-state index is 14.5. The maximum Gasteiger partial charge on any atom is 0.338 e. The van der Waals surface area contributed by atoms with Crippen molar-refractivity contribution in [2.45, 2.75) is 32.2 Å². The van der Waals surface area contributed by atoms with Crippen molar-refractivity contribution < 1.29 is 9.90 Å². The summed E-state index contributed by atoms with van der Waals surface area (Å²) in [6.45, 7) is 4.21. The molecule has 1 amide bonds. The number of carbonyl (C=O) groups excluding carboxylic acids is 1. The van der Waals surface area contributed by atoms with Crippen molar-refractivity contribution in [2.24, 2.45) is 19.1 Å². The fraction of sp³-hybridized carbons (Fsp3) is 0.200. The minimum atomic E-state index is -0.652. The number of aliphatic imine (C=N–C) groups is 1. The van der Waals surface area contributed by atoms with Gasteiger partial charge in [0.2, 0.25) is 5.88 Å². The number of nitrogens with zero attached hydrogens (tertiary/aromatic N) is 5. The van der Waals surface area contributed by atoms with E-state index in [1.165, 1.54) is 7.05 Å². The summed E-state index contributed by atoms with van der Waals surface area (Å²) in [5.41, 5.74) is 5.97. The molecular formula is C45H41N5O4. The Morgan fingerprint density at radius 3 is 2.24 bits per heavy atom. The van der Waals surface area contributed by atoms with E-state index < -0.39 is 23.2 Å². The van der Waals surface area contributed by atoms with E-state index in [-0.39, 0.29) is 23.9 Å². The van der Waals surface area contributed by atoms with Crippen LogP contribution in [0.4, 0.5) is 0 Å². The predicted molar refractivity (Wildman–Crippen MR) is 214 cm³/mol. The Morgan fingerprint density at radius 2 is 1.44 bits per heavy atom. The molecule has 0 fully saturated rings. The third kappa shape index (κ3) is 5.73. The van der Waals surface area contributed by atoms with Crippen LogP contribution in [0.15, 0.2) is 136 Å². The Bertz CT molecular complexity index is 2740. The number of fused-ring (bicyclic) bond motifs is 4. The number of aromatic nitrogens is 3. The molecule has 0 radical (unpaired) electrons. The highest BCUT2D eigenvalue weighted by Crippen LogP contribution is 2.44. The number of hydrogen-bond donors (Lipinski definition) is 1. The SMILES string of the molecule is CC(=NC[C@@H]1c2ccccc2C(=O)N(CCc2ccccc2)[C@@H]1c1ccc2c(c1)c1ccccc1n2C)c1c(O)n(C)c(=O)n(-c2ccccc2C)c1=O. The average Bonchev–Trinajstić information content (AvgIpc) is 3.48. The molecule has 3 heterocycles. The molecule has 0 unspecified atom stereocenters. The van der Waals surface area contributed by atoms with E-state index in [0.717, 1.165) is 53.2 Å². The summed E-state index contributed by atoms with van der Waals surface area (Å²) in [5.74, 6) is -0.790. The molecule has 0 spiro atoms. The molecule has 1 aliphatic heterocycles. The molecule has 0 saturated carbocycles. The molecule has 2 aromatic heterocycles. The van der Waals surface area contributed by atoms with Crippen LogP contribution in [0.2, 0.25) is 0 Å². The van der Waals surface area contributed by atoms with Gasteiger partial charge < -0.3 is 14.6 Å². The molecule has 2 atom stereocenters. The first kappa shape index (κ1) is 34.6. The molecule has 9 heteroatoms. The zero-order chi connectivity index (χ0) is 37.7. The zero-order valence-corrected chi connectivity index (χ0v) is 30.7. The van der Waals surface area contributed by atoms with Gasteiger partial charge in [-0.05, 0) is 72.9 Å². The Kier molecular flexibility index (Phi) is 8.85. The van der Waals surface area contributed by atoms with Crippen LogP contribution in [0.3, 0.4) is 0 Å². The lowest BCUT2D eigenvalue weighted by atomic mass is 9.79. The summed E-state index contributed by atoms with van der Waals surface area (Å²) in [7, 11) is 3.51. The number of carbonyl (C=O) groups is 1. The maximum absolute atomic E-state index is 14.5. The van der Waals surface area contributed by atoms with Crippen molar-refractivity contribution in [3.8, 4) is 11.6 Å². The molecule has 9 nitrogen and oxygen atoms in total. The second kappa shape index (κ2) is 13.8. The molecule has 1 aliphatic rings. The van der Waals surface area contributed by atoms with E-state index in [0.29, 0.717) is 29.9 Å². The van der Waals surface area contributed by atoms with Crippen LogP contribution in [0.1, 0.15) is 57.1 Å². The lowest BCUT2D eigenvalue weighted by Crippen LogP contribution is -2.44. The number of amides is 1. The van der Waals surface area contributed by atoms with Crippen molar-refractivity contribution in [2.75, 3.05) is 13.1 Å². The Hall–Kier alpha value is -6.48. The van der Waals surface area contributed by atoms with Crippen molar-refractivity contribution in [1.82, 2.24) is 18.6 Å². The Balaban J connectivity index is 1.28. The number of aryl methyl sites for hydroxylation is 2. The van der Waals surface area contributed by atoms with Gasteiger partial charge in [-0.3, -0.25) is 19.1 Å². The van der Waals surface area contributed by atoms with E-state index >= 15 is 0 Å². The molecule has 270 valence electrons. The van der Waals surface area contributed by atoms with E-state index in [1.54, 1.807) is 19.1 Å². The number of aromatic hydroxyl groups is 1. The number of benzene rings is 5. The third-order valence-electron chi connectivity index (χ3n) is 11.0. The van der Waals surface area contributed by atoms with Gasteiger partial charge in [-0.1, -0.05) is 91.0 Å². The summed E-state index contributed by atoms with van der Waals surface area (Å²) < 4.78 is 4.35. The Morgan fingerprint density at radius 1 is 0.759 bits per heavy atom. The largest absolute Gasteiger partial charge is 0.494 e. The fourth-order valence-electron chi connectivity index (χ4n) is 8.16. The topological polar surface area (TPSA) is 102 Å². The zero-order valence-electron chi connectivity index (χ0n) is 30.7. The quantitative estimate of drug-likeness (QED) is 0.168. The molecule has 0 saturated heterocycles. The summed E-state index contributed by atoms with van der Waals surface area (Å²) in [6.07, 6.45) is 0.668. The molecular weight excluding hydrogens is 675 g/mol. The van der Waals surface area contributed by atoms with Crippen LogP contribution in [0.5, 0.6) is 5.88 Å². The van der Waals surface area contributed by atoms with E-state index in [4.69, 9.17) is 4.99 Å². The smallest absolute Gasteiger partial charge is 0.338 e. The lowest BCUT2D eigenvalue weighted by molar-refractivity contribution is 0.0614. The third-order valence-corrected chi connectivity index (χ3v) is 11.0. The number of para-hydroxylation sites is 2. The highest BCUT2D eigenvalue weighted by Gasteiger charge is 2.40. The summed E-state index contributed by atoms with van der Waals surface area (Å²) in [4.78, 5) is 49.0. The lowest BCUT2D eigenvalue weighted by Gasteiger charge is -2.42. The second-order valence-corrected chi connectivity index (χ2v) is 14.1. The van der Waals surface area contributed by atoms with E-state index in [9.17, 15) is 19.5 Å². The van der Waals surface area contributed by atoms with Gasteiger partial charge in [-0.25, -0.2) is 9.36 Å². The molecule has 8 rings (SSSR count). The first-order valence-electron chi connectivity index (χ1n) is 18.2. The Labute approximate surface area is 312 Å². The van der Waals surface area contributed by atoms with Crippen LogP contribution in [0.25, 0.3) is 27.5 Å². The molecule has 7 aromatic rings. The van der Waals surface area contributed by atoms with Crippen LogP contribution in [-0.2, 0) is 20.5 Å². The predicted octanol–water partition coefficient (Wildman–Crippen LogP) is 7.23.